The first-order valence-corrected chi connectivity index (χ1v) is 9.97. The SMILES string of the molecule is Cc1ccc(CS(=O)(=O)N(CCc2nccs2)C2CC2)cc1. The number of hydrogen-bond acceptors (Lipinski definition) is 4. The molecule has 1 fully saturated rings. The molecule has 1 aliphatic carbocycles. The van der Waals surface area contributed by atoms with Crippen molar-refractivity contribution in [3.05, 3.63) is 52.0 Å². The van der Waals surface area contributed by atoms with Gasteiger partial charge in [-0.1, -0.05) is 29.8 Å². The van der Waals surface area contributed by atoms with Crippen LogP contribution in [0.4, 0.5) is 0 Å². The van der Waals surface area contributed by atoms with Crippen LogP contribution in [0.3, 0.4) is 0 Å². The molecule has 0 radical (unpaired) electrons. The molecule has 1 saturated carbocycles. The summed E-state index contributed by atoms with van der Waals surface area (Å²) in [4.78, 5) is 4.24. The van der Waals surface area contributed by atoms with Crippen LogP contribution in [0.15, 0.2) is 35.8 Å². The van der Waals surface area contributed by atoms with E-state index in [4.69, 9.17) is 0 Å². The zero-order valence-corrected chi connectivity index (χ0v) is 14.2. The topological polar surface area (TPSA) is 50.3 Å². The van der Waals surface area contributed by atoms with Crippen LogP contribution in [0.1, 0.15) is 29.0 Å². The fourth-order valence-corrected chi connectivity index (χ4v) is 4.90. The standard InChI is InChI=1S/C16H20N2O2S2/c1-13-2-4-14(5-3-13)12-22(19,20)18(15-6-7-15)10-8-16-17-9-11-21-16/h2-5,9,11,15H,6-8,10,12H2,1H3. The number of benzene rings is 1. The molecule has 1 aromatic carbocycles. The normalized spacial score (nSPS) is 15.4. The maximum Gasteiger partial charge on any atom is 0.218 e. The minimum Gasteiger partial charge on any atom is -0.250 e. The predicted octanol–water partition coefficient (Wildman–Crippen LogP) is 2.99. The molecule has 1 aliphatic rings. The number of thiazole rings is 1. The van der Waals surface area contributed by atoms with Crippen molar-refractivity contribution in [3.63, 3.8) is 0 Å². The highest BCUT2D eigenvalue weighted by Gasteiger charge is 2.36. The summed E-state index contributed by atoms with van der Waals surface area (Å²) in [6, 6.07) is 7.91. The van der Waals surface area contributed by atoms with Gasteiger partial charge in [0.25, 0.3) is 0 Å². The maximum atomic E-state index is 12.7. The van der Waals surface area contributed by atoms with Crippen molar-refractivity contribution in [2.75, 3.05) is 6.54 Å². The van der Waals surface area contributed by atoms with Crippen molar-refractivity contribution in [1.29, 1.82) is 0 Å². The molecule has 0 spiro atoms. The first-order chi connectivity index (χ1) is 10.5. The molecule has 3 rings (SSSR count). The third-order valence-electron chi connectivity index (χ3n) is 3.81. The molecule has 1 heterocycles. The number of rotatable bonds is 7. The van der Waals surface area contributed by atoms with E-state index in [1.54, 1.807) is 21.8 Å². The molecule has 0 N–H and O–H groups in total. The van der Waals surface area contributed by atoms with E-state index >= 15 is 0 Å². The van der Waals surface area contributed by atoms with Crippen molar-refractivity contribution in [2.45, 2.75) is 38.0 Å². The van der Waals surface area contributed by atoms with Gasteiger partial charge in [0.15, 0.2) is 0 Å². The average molecular weight is 336 g/mol. The second-order valence-electron chi connectivity index (χ2n) is 5.76. The Morgan fingerprint density at radius 2 is 2.00 bits per heavy atom. The Kier molecular flexibility index (Phi) is 4.61. The highest BCUT2D eigenvalue weighted by Crippen LogP contribution is 2.30. The minimum absolute atomic E-state index is 0.0850. The van der Waals surface area contributed by atoms with Crippen LogP contribution < -0.4 is 0 Å². The van der Waals surface area contributed by atoms with E-state index < -0.39 is 10.0 Å². The Morgan fingerprint density at radius 3 is 2.59 bits per heavy atom. The molecular formula is C16H20N2O2S2. The van der Waals surface area contributed by atoms with Crippen LogP contribution in [0, 0.1) is 6.92 Å². The molecule has 0 unspecified atom stereocenters. The summed E-state index contributed by atoms with van der Waals surface area (Å²) >= 11 is 1.58. The van der Waals surface area contributed by atoms with E-state index in [0.717, 1.165) is 29.0 Å². The molecular weight excluding hydrogens is 316 g/mol. The molecule has 4 nitrogen and oxygen atoms in total. The van der Waals surface area contributed by atoms with E-state index in [-0.39, 0.29) is 11.8 Å². The molecule has 0 atom stereocenters. The van der Waals surface area contributed by atoms with Gasteiger partial charge in [-0.25, -0.2) is 13.4 Å². The van der Waals surface area contributed by atoms with Gasteiger partial charge >= 0.3 is 0 Å². The van der Waals surface area contributed by atoms with Gasteiger partial charge in [0.2, 0.25) is 10.0 Å². The molecule has 22 heavy (non-hydrogen) atoms. The fourth-order valence-electron chi connectivity index (χ4n) is 2.47. The Hall–Kier alpha value is -1.24. The highest BCUT2D eigenvalue weighted by molar-refractivity contribution is 7.88. The fraction of sp³-hybridized carbons (Fsp3) is 0.438. The Bertz CT molecular complexity index is 705. The Balaban J connectivity index is 1.70. The number of aromatic nitrogens is 1. The second kappa shape index (κ2) is 6.48. The molecule has 0 aliphatic heterocycles. The Labute approximate surface area is 135 Å². The lowest BCUT2D eigenvalue weighted by Gasteiger charge is -2.21. The Morgan fingerprint density at radius 1 is 1.27 bits per heavy atom. The summed E-state index contributed by atoms with van der Waals surface area (Å²) in [7, 11) is -3.27. The molecule has 6 heteroatoms. The van der Waals surface area contributed by atoms with Gasteiger partial charge in [0.1, 0.15) is 0 Å². The van der Waals surface area contributed by atoms with E-state index in [1.807, 2.05) is 36.6 Å². The largest absolute Gasteiger partial charge is 0.250 e. The summed E-state index contributed by atoms with van der Waals surface area (Å²) in [5.74, 6) is 0.0850. The van der Waals surface area contributed by atoms with Gasteiger partial charge < -0.3 is 0 Å². The van der Waals surface area contributed by atoms with Crippen molar-refractivity contribution >= 4 is 21.4 Å². The number of nitrogens with zero attached hydrogens (tertiary/aromatic N) is 2. The van der Waals surface area contributed by atoms with Crippen molar-refractivity contribution < 1.29 is 8.42 Å². The number of aryl methyl sites for hydroxylation is 1. The number of sulfonamides is 1. The van der Waals surface area contributed by atoms with E-state index in [1.165, 1.54) is 0 Å². The monoisotopic (exact) mass is 336 g/mol. The zero-order chi connectivity index (χ0) is 15.6. The van der Waals surface area contributed by atoms with Gasteiger partial charge in [0, 0.05) is 30.6 Å². The lowest BCUT2D eigenvalue weighted by atomic mass is 10.2. The molecule has 118 valence electrons. The third-order valence-corrected chi connectivity index (χ3v) is 6.54. The molecule has 0 saturated heterocycles. The lowest BCUT2D eigenvalue weighted by molar-refractivity contribution is 0.406. The average Bonchev–Trinajstić information content (AvgIpc) is 3.16. The summed E-state index contributed by atoms with van der Waals surface area (Å²) < 4.78 is 27.2. The van der Waals surface area contributed by atoms with Gasteiger partial charge in [0.05, 0.1) is 10.8 Å². The van der Waals surface area contributed by atoms with Gasteiger partial charge in [-0.05, 0) is 25.3 Å². The van der Waals surface area contributed by atoms with Crippen LogP contribution in [-0.4, -0.2) is 30.3 Å². The summed E-state index contributed by atoms with van der Waals surface area (Å²) in [6.07, 6.45) is 4.42. The summed E-state index contributed by atoms with van der Waals surface area (Å²) in [5.41, 5.74) is 1.99. The van der Waals surface area contributed by atoms with E-state index in [9.17, 15) is 8.42 Å². The van der Waals surface area contributed by atoms with Crippen molar-refractivity contribution in [3.8, 4) is 0 Å². The van der Waals surface area contributed by atoms with Gasteiger partial charge in [-0.15, -0.1) is 11.3 Å². The van der Waals surface area contributed by atoms with Crippen LogP contribution in [0.25, 0.3) is 0 Å². The van der Waals surface area contributed by atoms with E-state index in [2.05, 4.69) is 4.98 Å². The quantitative estimate of drug-likeness (QED) is 0.781. The smallest absolute Gasteiger partial charge is 0.218 e. The maximum absolute atomic E-state index is 12.7. The van der Waals surface area contributed by atoms with Crippen LogP contribution in [0.5, 0.6) is 0 Å². The van der Waals surface area contributed by atoms with Gasteiger partial charge in [-0.2, -0.15) is 4.31 Å². The zero-order valence-electron chi connectivity index (χ0n) is 12.6. The molecule has 0 bridgehead atoms. The van der Waals surface area contributed by atoms with Crippen LogP contribution in [-0.2, 0) is 22.2 Å². The third kappa shape index (κ3) is 3.94. The molecule has 0 amide bonds. The van der Waals surface area contributed by atoms with Crippen molar-refractivity contribution in [2.24, 2.45) is 0 Å². The second-order valence-corrected chi connectivity index (χ2v) is 8.66. The van der Waals surface area contributed by atoms with Crippen molar-refractivity contribution in [1.82, 2.24) is 9.29 Å². The van der Waals surface area contributed by atoms with E-state index in [0.29, 0.717) is 13.0 Å². The molecule has 1 aromatic heterocycles. The van der Waals surface area contributed by atoms with Gasteiger partial charge in [-0.3, -0.25) is 0 Å². The highest BCUT2D eigenvalue weighted by atomic mass is 32.2. The molecule has 2 aromatic rings. The first-order valence-electron chi connectivity index (χ1n) is 7.48. The predicted molar refractivity (Wildman–Crippen MR) is 89.3 cm³/mol. The summed E-state index contributed by atoms with van der Waals surface area (Å²) in [5, 5.41) is 2.92. The van der Waals surface area contributed by atoms with Crippen LogP contribution in [0.2, 0.25) is 0 Å². The summed E-state index contributed by atoms with van der Waals surface area (Å²) in [6.45, 7) is 2.54. The van der Waals surface area contributed by atoms with Crippen LogP contribution >= 0.6 is 11.3 Å². The minimum atomic E-state index is -3.27. The number of hydrogen-bond donors (Lipinski definition) is 0. The first kappa shape index (κ1) is 15.6. The lowest BCUT2D eigenvalue weighted by Crippen LogP contribution is -2.35.